The molecule has 24 heavy (non-hydrogen) atoms. The third kappa shape index (κ3) is 2.89. The fraction of sp³-hybridized carbons (Fsp3) is 0.471. The molecule has 0 saturated carbocycles. The molecule has 3 aromatic heterocycles. The Kier molecular flexibility index (Phi) is 4.20. The number of aromatic amines is 1. The Hall–Kier alpha value is -1.99. The van der Waals surface area contributed by atoms with Crippen LogP contribution in [0.25, 0.3) is 10.6 Å². The predicted octanol–water partition coefficient (Wildman–Crippen LogP) is 2.96. The maximum atomic E-state index is 4.36. The summed E-state index contributed by atoms with van der Waals surface area (Å²) in [6.45, 7) is 6.12. The van der Waals surface area contributed by atoms with Crippen LogP contribution in [0.5, 0.6) is 0 Å². The van der Waals surface area contributed by atoms with Gasteiger partial charge in [-0.2, -0.15) is 5.10 Å². The van der Waals surface area contributed by atoms with E-state index < -0.39 is 0 Å². The number of H-pyrrole nitrogens is 1. The highest BCUT2D eigenvalue weighted by molar-refractivity contribution is 7.13. The Morgan fingerprint density at radius 2 is 2.33 bits per heavy atom. The molecule has 0 bridgehead atoms. The van der Waals surface area contributed by atoms with Gasteiger partial charge in [0.2, 0.25) is 0 Å². The van der Waals surface area contributed by atoms with E-state index in [9.17, 15) is 0 Å². The first-order valence-corrected chi connectivity index (χ1v) is 9.32. The molecule has 1 aliphatic rings. The third-order valence-electron chi connectivity index (χ3n) is 4.56. The number of aromatic nitrogens is 5. The van der Waals surface area contributed by atoms with Gasteiger partial charge in [-0.05, 0) is 17.9 Å². The van der Waals surface area contributed by atoms with Gasteiger partial charge in [0.05, 0.1) is 16.8 Å². The topological polar surface area (TPSA) is 71.4 Å². The molecule has 6 nitrogen and oxygen atoms in total. The molecule has 3 aromatic rings. The molecule has 4 rings (SSSR count). The van der Waals surface area contributed by atoms with Crippen molar-refractivity contribution >= 4 is 11.3 Å². The molecule has 4 heterocycles. The second-order valence-corrected chi connectivity index (χ2v) is 7.55. The van der Waals surface area contributed by atoms with Crippen LogP contribution in [0.2, 0.25) is 0 Å². The van der Waals surface area contributed by atoms with Crippen LogP contribution in [0.3, 0.4) is 0 Å². The monoisotopic (exact) mass is 342 g/mol. The normalized spacial score (nSPS) is 17.4. The summed E-state index contributed by atoms with van der Waals surface area (Å²) in [6.07, 6.45) is 4.01. The van der Waals surface area contributed by atoms with Crippen molar-refractivity contribution in [3.8, 4) is 10.6 Å². The van der Waals surface area contributed by atoms with Crippen LogP contribution in [0, 0.1) is 0 Å². The first-order valence-electron chi connectivity index (χ1n) is 8.44. The van der Waals surface area contributed by atoms with Crippen molar-refractivity contribution in [3.05, 3.63) is 40.9 Å². The first kappa shape index (κ1) is 15.5. The molecule has 0 aromatic carbocycles. The fourth-order valence-electron chi connectivity index (χ4n) is 3.28. The van der Waals surface area contributed by atoms with E-state index in [4.69, 9.17) is 0 Å². The van der Waals surface area contributed by atoms with E-state index in [0.717, 1.165) is 43.3 Å². The fourth-order valence-corrected chi connectivity index (χ4v) is 4.03. The third-order valence-corrected chi connectivity index (χ3v) is 5.45. The summed E-state index contributed by atoms with van der Waals surface area (Å²) < 4.78 is 2.29. The van der Waals surface area contributed by atoms with Gasteiger partial charge in [-0.15, -0.1) is 21.5 Å². The summed E-state index contributed by atoms with van der Waals surface area (Å²) in [4.78, 5) is 1.23. The minimum atomic E-state index is 0.407. The Morgan fingerprint density at radius 1 is 1.42 bits per heavy atom. The molecule has 126 valence electrons. The van der Waals surface area contributed by atoms with E-state index in [1.807, 2.05) is 6.20 Å². The number of rotatable bonds is 5. The lowest BCUT2D eigenvalue weighted by Crippen LogP contribution is -2.37. The average molecular weight is 342 g/mol. The van der Waals surface area contributed by atoms with E-state index in [1.165, 1.54) is 10.4 Å². The van der Waals surface area contributed by atoms with Gasteiger partial charge in [-0.1, -0.05) is 19.9 Å². The van der Waals surface area contributed by atoms with E-state index in [-0.39, 0.29) is 0 Å². The van der Waals surface area contributed by atoms with E-state index >= 15 is 0 Å². The van der Waals surface area contributed by atoms with Crippen LogP contribution < -0.4 is 5.32 Å². The lowest BCUT2D eigenvalue weighted by Gasteiger charge is -2.26. The van der Waals surface area contributed by atoms with Crippen LogP contribution in [-0.2, 0) is 19.5 Å². The number of nitrogens with one attached hydrogen (secondary N) is 2. The van der Waals surface area contributed by atoms with Gasteiger partial charge < -0.3 is 9.88 Å². The number of aryl methyl sites for hydroxylation is 1. The maximum Gasteiger partial charge on any atom is 0.135 e. The van der Waals surface area contributed by atoms with Gasteiger partial charge in [0.15, 0.2) is 0 Å². The predicted molar refractivity (Wildman–Crippen MR) is 95.0 cm³/mol. The Morgan fingerprint density at radius 3 is 3.12 bits per heavy atom. The highest BCUT2D eigenvalue weighted by Gasteiger charge is 2.24. The quantitative estimate of drug-likeness (QED) is 0.748. The van der Waals surface area contributed by atoms with Crippen LogP contribution in [0.1, 0.15) is 43.4 Å². The molecule has 1 atom stereocenters. The molecule has 1 aliphatic heterocycles. The van der Waals surface area contributed by atoms with Crippen molar-refractivity contribution in [3.63, 3.8) is 0 Å². The molecular weight excluding hydrogens is 320 g/mol. The molecule has 0 saturated heterocycles. The number of fused-ring (bicyclic) bond motifs is 1. The zero-order valence-electron chi connectivity index (χ0n) is 14.0. The SMILES string of the molecule is CC(C)c1nnc2n1C[C@H](NCc1cn[nH]c1-c1cccs1)CC2. The van der Waals surface area contributed by atoms with Crippen LogP contribution in [-0.4, -0.2) is 31.0 Å². The van der Waals surface area contributed by atoms with Gasteiger partial charge in [-0.25, -0.2) is 0 Å². The minimum Gasteiger partial charge on any atom is -0.313 e. The molecule has 7 heteroatoms. The Bertz CT molecular complexity index is 801. The zero-order chi connectivity index (χ0) is 16.5. The molecule has 0 aliphatic carbocycles. The second kappa shape index (κ2) is 6.49. The van der Waals surface area contributed by atoms with Crippen molar-refractivity contribution in [1.82, 2.24) is 30.3 Å². The first-order chi connectivity index (χ1) is 11.7. The van der Waals surface area contributed by atoms with E-state index in [1.54, 1.807) is 11.3 Å². The van der Waals surface area contributed by atoms with Gasteiger partial charge in [0, 0.05) is 37.0 Å². The number of thiophene rings is 1. The number of hydrogen-bond acceptors (Lipinski definition) is 5. The van der Waals surface area contributed by atoms with Crippen LogP contribution >= 0.6 is 11.3 Å². The second-order valence-electron chi connectivity index (χ2n) is 6.60. The lowest BCUT2D eigenvalue weighted by atomic mass is 10.1. The van der Waals surface area contributed by atoms with Gasteiger partial charge in [-0.3, -0.25) is 5.10 Å². The Balaban J connectivity index is 1.44. The number of hydrogen-bond donors (Lipinski definition) is 2. The van der Waals surface area contributed by atoms with Crippen molar-refractivity contribution in [2.75, 3.05) is 0 Å². The smallest absolute Gasteiger partial charge is 0.135 e. The standard InChI is InChI=1S/C17H22N6S/c1-11(2)17-22-20-15-6-5-13(10-23(15)17)18-8-12-9-19-21-16(12)14-4-3-7-24-14/h3-4,7,9,11,13,18H,5-6,8,10H2,1-2H3,(H,19,21)/t13-/m1/s1. The van der Waals surface area contributed by atoms with Gasteiger partial charge >= 0.3 is 0 Å². The van der Waals surface area contributed by atoms with E-state index in [0.29, 0.717) is 12.0 Å². The summed E-state index contributed by atoms with van der Waals surface area (Å²) in [6, 6.07) is 4.64. The van der Waals surface area contributed by atoms with Crippen molar-refractivity contribution < 1.29 is 0 Å². The molecule has 0 amide bonds. The van der Waals surface area contributed by atoms with Crippen LogP contribution in [0.15, 0.2) is 23.7 Å². The van der Waals surface area contributed by atoms with Gasteiger partial charge in [0.1, 0.15) is 11.6 Å². The molecule has 2 N–H and O–H groups in total. The van der Waals surface area contributed by atoms with Crippen molar-refractivity contribution in [1.29, 1.82) is 0 Å². The molecule has 0 unspecified atom stereocenters. The summed E-state index contributed by atoms with van der Waals surface area (Å²) >= 11 is 1.73. The molecule has 0 radical (unpaired) electrons. The summed E-state index contributed by atoms with van der Waals surface area (Å²) in [5.74, 6) is 2.63. The Labute approximate surface area is 145 Å². The highest BCUT2D eigenvalue weighted by atomic mass is 32.1. The van der Waals surface area contributed by atoms with Crippen molar-refractivity contribution in [2.24, 2.45) is 0 Å². The average Bonchev–Trinajstić information content (AvgIpc) is 3.31. The molecule has 0 fully saturated rings. The zero-order valence-corrected chi connectivity index (χ0v) is 14.8. The minimum absolute atomic E-state index is 0.407. The van der Waals surface area contributed by atoms with Gasteiger partial charge in [0.25, 0.3) is 0 Å². The number of nitrogens with zero attached hydrogens (tertiary/aromatic N) is 4. The summed E-state index contributed by atoms with van der Waals surface area (Å²) in [5, 5.41) is 21.8. The molecule has 0 spiro atoms. The van der Waals surface area contributed by atoms with Crippen LogP contribution in [0.4, 0.5) is 0 Å². The summed E-state index contributed by atoms with van der Waals surface area (Å²) in [7, 11) is 0. The largest absolute Gasteiger partial charge is 0.313 e. The van der Waals surface area contributed by atoms with E-state index in [2.05, 4.69) is 61.6 Å². The molecular formula is C17H22N6S. The van der Waals surface area contributed by atoms with Crippen molar-refractivity contribution in [2.45, 2.75) is 51.7 Å². The highest BCUT2D eigenvalue weighted by Crippen LogP contribution is 2.26. The lowest BCUT2D eigenvalue weighted by molar-refractivity contribution is 0.370. The maximum absolute atomic E-state index is 4.36. The summed E-state index contributed by atoms with van der Waals surface area (Å²) in [5.41, 5.74) is 2.34.